The largest absolute Gasteiger partial charge is 0.467 e. The van der Waals surface area contributed by atoms with Gasteiger partial charge in [0.15, 0.2) is 6.10 Å². The number of aliphatic hydroxyl groups excluding tert-OH is 1. The van der Waals surface area contributed by atoms with Gasteiger partial charge in [0.05, 0.1) is 7.11 Å². The number of aliphatic hydroxyl groups is 1. The van der Waals surface area contributed by atoms with Gasteiger partial charge in [0, 0.05) is 11.4 Å². The van der Waals surface area contributed by atoms with Crippen LogP contribution in [-0.4, -0.2) is 24.3 Å². The van der Waals surface area contributed by atoms with Crippen LogP contribution < -0.4 is 0 Å². The summed E-state index contributed by atoms with van der Waals surface area (Å²) in [7, 11) is 1.25. The molecule has 0 saturated carbocycles. The predicted molar refractivity (Wildman–Crippen MR) is 57.9 cm³/mol. The molecule has 1 unspecified atom stereocenters. The summed E-state index contributed by atoms with van der Waals surface area (Å²) in [5.74, 6) is -0.621. The number of carbonyl (C=O) groups is 1. The Morgan fingerprint density at radius 1 is 1.60 bits per heavy atom. The Hall–Kier alpha value is -1.06. The molecule has 4 heteroatoms. The molecule has 0 aromatic heterocycles. The molecule has 0 aliphatic rings. The molecule has 0 radical (unpaired) electrons. The van der Waals surface area contributed by atoms with Crippen molar-refractivity contribution in [1.29, 1.82) is 0 Å². The van der Waals surface area contributed by atoms with Gasteiger partial charge in [-0.15, -0.1) is 0 Å². The van der Waals surface area contributed by atoms with Gasteiger partial charge in [-0.05, 0) is 30.2 Å². The predicted octanol–water partition coefficient (Wildman–Crippen LogP) is 1.72. The molecule has 0 bridgehead atoms. The number of halogens is 1. The van der Waals surface area contributed by atoms with Gasteiger partial charge in [0.25, 0.3) is 0 Å². The molecular formula is C11H13ClO3. The highest BCUT2D eigenvalue weighted by atomic mass is 35.5. The molecule has 3 nitrogen and oxygen atoms in total. The van der Waals surface area contributed by atoms with E-state index < -0.39 is 12.1 Å². The van der Waals surface area contributed by atoms with Gasteiger partial charge in [-0.3, -0.25) is 0 Å². The van der Waals surface area contributed by atoms with Crippen molar-refractivity contribution in [1.82, 2.24) is 0 Å². The minimum absolute atomic E-state index is 0.246. The van der Waals surface area contributed by atoms with Crippen LogP contribution in [0.3, 0.4) is 0 Å². The fourth-order valence-electron chi connectivity index (χ4n) is 1.32. The minimum Gasteiger partial charge on any atom is -0.467 e. The second-order valence-electron chi connectivity index (χ2n) is 3.31. The maximum Gasteiger partial charge on any atom is 0.335 e. The Bertz CT molecular complexity index is 363. The molecule has 0 aliphatic heterocycles. The summed E-state index contributed by atoms with van der Waals surface area (Å²) in [6, 6.07) is 5.32. The summed E-state index contributed by atoms with van der Waals surface area (Å²) in [5.41, 5.74) is 1.84. The topological polar surface area (TPSA) is 46.5 Å². The lowest BCUT2D eigenvalue weighted by Crippen LogP contribution is -2.24. The molecule has 0 spiro atoms. The molecule has 1 aromatic carbocycles. The number of ether oxygens (including phenoxy) is 1. The molecule has 0 saturated heterocycles. The highest BCUT2D eigenvalue weighted by molar-refractivity contribution is 6.30. The van der Waals surface area contributed by atoms with Crippen LogP contribution in [0.4, 0.5) is 0 Å². The molecule has 0 heterocycles. The van der Waals surface area contributed by atoms with Gasteiger partial charge in [0.2, 0.25) is 0 Å². The van der Waals surface area contributed by atoms with Crippen molar-refractivity contribution in [3.63, 3.8) is 0 Å². The monoisotopic (exact) mass is 228 g/mol. The van der Waals surface area contributed by atoms with E-state index in [0.717, 1.165) is 11.1 Å². The third kappa shape index (κ3) is 3.22. The maximum absolute atomic E-state index is 11.0. The molecule has 1 aromatic rings. The number of hydrogen-bond acceptors (Lipinski definition) is 3. The normalized spacial score (nSPS) is 12.3. The maximum atomic E-state index is 11.0. The van der Waals surface area contributed by atoms with Gasteiger partial charge in [-0.2, -0.15) is 0 Å². The lowest BCUT2D eigenvalue weighted by atomic mass is 10.0. The number of methoxy groups -OCH3 is 1. The SMILES string of the molecule is COC(=O)C(O)Cc1ccc(Cl)cc1C. The Kier molecular flexibility index (Phi) is 4.12. The molecule has 0 amide bonds. The van der Waals surface area contributed by atoms with Crippen molar-refractivity contribution in [2.75, 3.05) is 7.11 Å². The Morgan fingerprint density at radius 3 is 2.80 bits per heavy atom. The Morgan fingerprint density at radius 2 is 2.27 bits per heavy atom. The first-order valence-corrected chi connectivity index (χ1v) is 4.93. The van der Waals surface area contributed by atoms with Crippen molar-refractivity contribution in [2.45, 2.75) is 19.4 Å². The van der Waals surface area contributed by atoms with Gasteiger partial charge in [-0.1, -0.05) is 17.7 Å². The first kappa shape index (κ1) is 12.0. The molecule has 1 N–H and O–H groups in total. The van der Waals surface area contributed by atoms with E-state index in [-0.39, 0.29) is 6.42 Å². The van der Waals surface area contributed by atoms with Gasteiger partial charge in [-0.25, -0.2) is 4.79 Å². The number of carbonyl (C=O) groups excluding carboxylic acids is 1. The highest BCUT2D eigenvalue weighted by Crippen LogP contribution is 2.16. The van der Waals surface area contributed by atoms with Gasteiger partial charge >= 0.3 is 5.97 Å². The third-order valence-corrected chi connectivity index (χ3v) is 2.43. The Balaban J connectivity index is 2.76. The van der Waals surface area contributed by atoms with Crippen LogP contribution >= 0.6 is 11.6 Å². The van der Waals surface area contributed by atoms with Gasteiger partial charge < -0.3 is 9.84 Å². The van der Waals surface area contributed by atoms with E-state index in [2.05, 4.69) is 4.74 Å². The molecule has 15 heavy (non-hydrogen) atoms. The Labute approximate surface area is 93.6 Å². The number of rotatable bonds is 3. The van der Waals surface area contributed by atoms with Gasteiger partial charge in [0.1, 0.15) is 0 Å². The van der Waals surface area contributed by atoms with Crippen molar-refractivity contribution in [2.24, 2.45) is 0 Å². The average Bonchev–Trinajstić information content (AvgIpc) is 2.20. The molecule has 0 aliphatic carbocycles. The summed E-state index contributed by atoms with van der Waals surface area (Å²) in [4.78, 5) is 11.0. The number of aryl methyl sites for hydroxylation is 1. The zero-order valence-electron chi connectivity index (χ0n) is 8.66. The molecule has 0 fully saturated rings. The second kappa shape index (κ2) is 5.14. The van der Waals surface area contributed by atoms with E-state index in [4.69, 9.17) is 11.6 Å². The minimum atomic E-state index is -1.12. The fraction of sp³-hybridized carbons (Fsp3) is 0.364. The summed E-state index contributed by atoms with van der Waals surface area (Å²) in [6.07, 6.45) is -0.870. The van der Waals surface area contributed by atoms with Crippen molar-refractivity contribution in [3.05, 3.63) is 34.3 Å². The lowest BCUT2D eigenvalue weighted by Gasteiger charge is -2.10. The van der Waals surface area contributed by atoms with Crippen molar-refractivity contribution < 1.29 is 14.6 Å². The summed E-state index contributed by atoms with van der Waals surface area (Å²) >= 11 is 5.79. The number of hydrogen-bond donors (Lipinski definition) is 1. The average molecular weight is 229 g/mol. The van der Waals surface area contributed by atoms with Crippen LogP contribution in [0, 0.1) is 6.92 Å². The summed E-state index contributed by atoms with van der Waals surface area (Å²) in [6.45, 7) is 1.88. The molecule has 1 rings (SSSR count). The first-order chi connectivity index (χ1) is 7.04. The van der Waals surface area contributed by atoms with Crippen LogP contribution in [0.1, 0.15) is 11.1 Å². The van der Waals surface area contributed by atoms with E-state index >= 15 is 0 Å². The highest BCUT2D eigenvalue weighted by Gasteiger charge is 2.16. The van der Waals surface area contributed by atoms with Crippen LogP contribution in [0.15, 0.2) is 18.2 Å². The molecule has 1 atom stereocenters. The summed E-state index contributed by atoms with van der Waals surface area (Å²) < 4.78 is 4.43. The second-order valence-corrected chi connectivity index (χ2v) is 3.75. The van der Waals surface area contributed by atoms with Crippen LogP contribution in [0.25, 0.3) is 0 Å². The van der Waals surface area contributed by atoms with E-state index in [1.54, 1.807) is 18.2 Å². The van der Waals surface area contributed by atoms with Crippen LogP contribution in [0.2, 0.25) is 5.02 Å². The summed E-state index contributed by atoms with van der Waals surface area (Å²) in [5, 5.41) is 10.1. The zero-order valence-corrected chi connectivity index (χ0v) is 9.41. The third-order valence-electron chi connectivity index (χ3n) is 2.19. The molecule has 82 valence electrons. The number of esters is 1. The van der Waals surface area contributed by atoms with Crippen molar-refractivity contribution in [3.8, 4) is 0 Å². The van der Waals surface area contributed by atoms with E-state index in [1.165, 1.54) is 7.11 Å². The van der Waals surface area contributed by atoms with Crippen molar-refractivity contribution >= 4 is 17.6 Å². The quantitative estimate of drug-likeness (QED) is 0.802. The lowest BCUT2D eigenvalue weighted by molar-refractivity contribution is -0.150. The smallest absolute Gasteiger partial charge is 0.335 e. The van der Waals surface area contributed by atoms with E-state index in [1.807, 2.05) is 6.92 Å². The van der Waals surface area contributed by atoms with E-state index in [9.17, 15) is 9.90 Å². The standard InChI is InChI=1S/C11H13ClO3/c1-7-5-9(12)4-3-8(7)6-10(13)11(14)15-2/h3-5,10,13H,6H2,1-2H3. The number of benzene rings is 1. The van der Waals surface area contributed by atoms with E-state index in [0.29, 0.717) is 5.02 Å². The first-order valence-electron chi connectivity index (χ1n) is 4.55. The van der Waals surface area contributed by atoms with Crippen LogP contribution in [-0.2, 0) is 16.0 Å². The van der Waals surface area contributed by atoms with Crippen LogP contribution in [0.5, 0.6) is 0 Å². The zero-order chi connectivity index (χ0) is 11.4. The molecular weight excluding hydrogens is 216 g/mol. The fourth-order valence-corrected chi connectivity index (χ4v) is 1.54.